The van der Waals surface area contributed by atoms with Crippen LogP contribution in [-0.4, -0.2) is 9.97 Å². The van der Waals surface area contributed by atoms with Crippen LogP contribution in [0.5, 0.6) is 0 Å². The summed E-state index contributed by atoms with van der Waals surface area (Å²) < 4.78 is 0. The fraction of sp³-hybridized carbons (Fsp3) is 0.0625. The van der Waals surface area contributed by atoms with Crippen molar-refractivity contribution in [1.29, 1.82) is 5.26 Å². The van der Waals surface area contributed by atoms with Crippen molar-refractivity contribution in [2.75, 3.05) is 5.32 Å². The summed E-state index contributed by atoms with van der Waals surface area (Å²) in [6.45, 7) is 1.96. The van der Waals surface area contributed by atoms with Crippen LogP contribution in [0.25, 0.3) is 10.9 Å². The zero-order valence-electron chi connectivity index (χ0n) is 11.0. The molecule has 2 heterocycles. The Kier molecular flexibility index (Phi) is 3.02. The highest BCUT2D eigenvalue weighted by Gasteiger charge is 2.05. The topological polar surface area (TPSA) is 61.6 Å². The molecule has 1 aromatic carbocycles. The number of aryl methyl sites for hydroxylation is 1. The molecule has 4 nitrogen and oxygen atoms in total. The fourth-order valence-corrected chi connectivity index (χ4v) is 2.12. The van der Waals surface area contributed by atoms with Gasteiger partial charge in [-0.15, -0.1) is 0 Å². The number of benzene rings is 1. The van der Waals surface area contributed by atoms with Crippen LogP contribution in [0.1, 0.15) is 11.4 Å². The van der Waals surface area contributed by atoms with Gasteiger partial charge in [-0.25, -0.2) is 4.98 Å². The van der Waals surface area contributed by atoms with Gasteiger partial charge in [-0.3, -0.25) is 4.98 Å². The van der Waals surface area contributed by atoms with E-state index in [1.807, 2.05) is 55.5 Å². The first-order chi connectivity index (χ1) is 9.76. The van der Waals surface area contributed by atoms with Crippen LogP contribution in [0.15, 0.2) is 48.5 Å². The first kappa shape index (κ1) is 12.1. The number of rotatable bonds is 2. The molecular weight excluding hydrogens is 248 g/mol. The molecule has 0 amide bonds. The SMILES string of the molecule is Cc1cc(Nc2cccc(C#N)n2)c2ccccc2n1. The molecule has 0 aliphatic heterocycles. The van der Waals surface area contributed by atoms with Crippen LogP contribution in [0.2, 0.25) is 0 Å². The van der Waals surface area contributed by atoms with Gasteiger partial charge in [0.05, 0.1) is 11.2 Å². The Balaban J connectivity index is 2.08. The maximum absolute atomic E-state index is 8.89. The summed E-state index contributed by atoms with van der Waals surface area (Å²) in [5.41, 5.74) is 3.20. The maximum Gasteiger partial charge on any atom is 0.142 e. The molecule has 3 rings (SSSR count). The minimum absolute atomic E-state index is 0.394. The van der Waals surface area contributed by atoms with Crippen LogP contribution in [0, 0.1) is 18.3 Å². The number of aromatic nitrogens is 2. The van der Waals surface area contributed by atoms with E-state index >= 15 is 0 Å². The summed E-state index contributed by atoms with van der Waals surface area (Å²) >= 11 is 0. The number of para-hydroxylation sites is 1. The van der Waals surface area contributed by atoms with Gasteiger partial charge in [0, 0.05) is 11.1 Å². The number of anilines is 2. The van der Waals surface area contributed by atoms with E-state index in [4.69, 9.17) is 5.26 Å². The van der Waals surface area contributed by atoms with Crippen molar-refractivity contribution in [2.24, 2.45) is 0 Å². The molecule has 0 fully saturated rings. The van der Waals surface area contributed by atoms with Crippen molar-refractivity contribution in [3.05, 3.63) is 59.9 Å². The molecule has 1 N–H and O–H groups in total. The molecule has 0 saturated heterocycles. The first-order valence-electron chi connectivity index (χ1n) is 6.27. The molecule has 0 aliphatic carbocycles. The fourth-order valence-electron chi connectivity index (χ4n) is 2.12. The predicted molar refractivity (Wildman–Crippen MR) is 78.7 cm³/mol. The largest absolute Gasteiger partial charge is 0.340 e. The lowest BCUT2D eigenvalue weighted by atomic mass is 10.1. The van der Waals surface area contributed by atoms with Crippen molar-refractivity contribution >= 4 is 22.4 Å². The number of nitrogens with zero attached hydrogens (tertiary/aromatic N) is 3. The standard InChI is InChI=1S/C16H12N4/c1-11-9-15(13-6-2-3-7-14(13)18-11)20-16-8-4-5-12(10-17)19-16/h2-9H,1H3,(H,18,19,20). The number of hydrogen-bond donors (Lipinski definition) is 1. The number of pyridine rings is 2. The molecule has 2 aromatic heterocycles. The number of nitriles is 1. The Morgan fingerprint density at radius 1 is 1.05 bits per heavy atom. The summed E-state index contributed by atoms with van der Waals surface area (Å²) in [6.07, 6.45) is 0. The Morgan fingerprint density at radius 3 is 2.75 bits per heavy atom. The Labute approximate surface area is 116 Å². The third-order valence-electron chi connectivity index (χ3n) is 2.97. The predicted octanol–water partition coefficient (Wildman–Crippen LogP) is 3.55. The van der Waals surface area contributed by atoms with Gasteiger partial charge in [0.15, 0.2) is 0 Å². The highest BCUT2D eigenvalue weighted by atomic mass is 15.0. The normalized spacial score (nSPS) is 10.2. The van der Waals surface area contributed by atoms with Crippen molar-refractivity contribution in [1.82, 2.24) is 9.97 Å². The van der Waals surface area contributed by atoms with E-state index < -0.39 is 0 Å². The van der Waals surface area contributed by atoms with Crippen LogP contribution >= 0.6 is 0 Å². The average Bonchev–Trinajstić information content (AvgIpc) is 2.47. The monoisotopic (exact) mass is 260 g/mol. The molecular formula is C16H12N4. The van der Waals surface area contributed by atoms with Crippen LogP contribution in [0.4, 0.5) is 11.5 Å². The van der Waals surface area contributed by atoms with E-state index in [9.17, 15) is 0 Å². The molecule has 0 radical (unpaired) electrons. The van der Waals surface area contributed by atoms with Crippen molar-refractivity contribution < 1.29 is 0 Å². The van der Waals surface area contributed by atoms with Gasteiger partial charge in [-0.1, -0.05) is 24.3 Å². The molecule has 0 unspecified atom stereocenters. The van der Waals surface area contributed by atoms with Gasteiger partial charge in [0.2, 0.25) is 0 Å². The lowest BCUT2D eigenvalue weighted by Gasteiger charge is -2.10. The van der Waals surface area contributed by atoms with Gasteiger partial charge >= 0.3 is 0 Å². The minimum Gasteiger partial charge on any atom is -0.340 e. The summed E-state index contributed by atoms with van der Waals surface area (Å²) in [5.74, 6) is 0.653. The van der Waals surface area contributed by atoms with Crippen molar-refractivity contribution in [3.8, 4) is 6.07 Å². The second kappa shape index (κ2) is 4.98. The van der Waals surface area contributed by atoms with E-state index in [1.54, 1.807) is 6.07 Å². The molecule has 0 saturated carbocycles. The number of nitrogens with one attached hydrogen (secondary N) is 1. The van der Waals surface area contributed by atoms with E-state index in [-0.39, 0.29) is 0 Å². The Morgan fingerprint density at radius 2 is 1.90 bits per heavy atom. The second-order valence-corrected chi connectivity index (χ2v) is 4.47. The Bertz CT molecular complexity index is 818. The summed E-state index contributed by atoms with van der Waals surface area (Å²) in [4.78, 5) is 8.73. The maximum atomic E-state index is 8.89. The third-order valence-corrected chi connectivity index (χ3v) is 2.97. The average molecular weight is 260 g/mol. The zero-order valence-corrected chi connectivity index (χ0v) is 11.0. The minimum atomic E-state index is 0.394. The number of fused-ring (bicyclic) bond motifs is 1. The molecule has 0 bridgehead atoms. The smallest absolute Gasteiger partial charge is 0.142 e. The molecule has 3 aromatic rings. The summed E-state index contributed by atoms with van der Waals surface area (Å²) in [5, 5.41) is 13.2. The molecule has 0 aliphatic rings. The zero-order chi connectivity index (χ0) is 13.9. The molecule has 4 heteroatoms. The van der Waals surface area contributed by atoms with E-state index in [2.05, 4.69) is 15.3 Å². The molecule has 0 spiro atoms. The van der Waals surface area contributed by atoms with Gasteiger partial charge < -0.3 is 5.32 Å². The third kappa shape index (κ3) is 2.29. The highest BCUT2D eigenvalue weighted by Crippen LogP contribution is 2.25. The highest BCUT2D eigenvalue weighted by molar-refractivity contribution is 5.92. The number of hydrogen-bond acceptors (Lipinski definition) is 4. The molecule has 0 atom stereocenters. The van der Waals surface area contributed by atoms with Gasteiger partial charge in [-0.05, 0) is 31.2 Å². The van der Waals surface area contributed by atoms with E-state index in [0.29, 0.717) is 11.5 Å². The Hall–Kier alpha value is -2.93. The van der Waals surface area contributed by atoms with Crippen molar-refractivity contribution in [2.45, 2.75) is 6.92 Å². The van der Waals surface area contributed by atoms with Crippen LogP contribution in [-0.2, 0) is 0 Å². The molecule has 96 valence electrons. The lowest BCUT2D eigenvalue weighted by Crippen LogP contribution is -1.97. The summed E-state index contributed by atoms with van der Waals surface area (Å²) in [6, 6.07) is 17.3. The van der Waals surface area contributed by atoms with Crippen molar-refractivity contribution in [3.63, 3.8) is 0 Å². The van der Waals surface area contributed by atoms with Gasteiger partial charge in [0.1, 0.15) is 17.6 Å². The first-order valence-corrected chi connectivity index (χ1v) is 6.27. The van der Waals surface area contributed by atoms with Crippen LogP contribution in [0.3, 0.4) is 0 Å². The molecule has 20 heavy (non-hydrogen) atoms. The van der Waals surface area contributed by atoms with E-state index in [0.717, 1.165) is 22.3 Å². The van der Waals surface area contributed by atoms with E-state index in [1.165, 1.54) is 0 Å². The summed E-state index contributed by atoms with van der Waals surface area (Å²) in [7, 11) is 0. The van der Waals surface area contributed by atoms with Crippen LogP contribution < -0.4 is 5.32 Å². The van der Waals surface area contributed by atoms with Gasteiger partial charge in [-0.2, -0.15) is 5.26 Å². The second-order valence-electron chi connectivity index (χ2n) is 4.47. The lowest BCUT2D eigenvalue weighted by molar-refractivity contribution is 1.23. The van der Waals surface area contributed by atoms with Gasteiger partial charge in [0.25, 0.3) is 0 Å². The quantitative estimate of drug-likeness (QED) is 0.765.